The summed E-state index contributed by atoms with van der Waals surface area (Å²) in [5.74, 6) is -0.494. The van der Waals surface area contributed by atoms with Crippen LogP contribution in [-0.4, -0.2) is 26.0 Å². The molecule has 0 unspecified atom stereocenters. The Morgan fingerprint density at radius 2 is 1.96 bits per heavy atom. The van der Waals surface area contributed by atoms with E-state index < -0.39 is 5.97 Å². The summed E-state index contributed by atoms with van der Waals surface area (Å²) < 4.78 is 0. The second kappa shape index (κ2) is 5.50. The average Bonchev–Trinajstić information content (AvgIpc) is 3.03. The lowest BCUT2D eigenvalue weighted by Crippen LogP contribution is -1.97. The molecule has 4 aromatic rings. The van der Waals surface area contributed by atoms with E-state index >= 15 is 0 Å². The van der Waals surface area contributed by atoms with Crippen LogP contribution >= 0.6 is 11.6 Å². The van der Waals surface area contributed by atoms with Crippen molar-refractivity contribution in [3.05, 3.63) is 59.5 Å². The molecule has 6 nitrogen and oxygen atoms in total. The van der Waals surface area contributed by atoms with Gasteiger partial charge >= 0.3 is 5.97 Å². The molecule has 24 heavy (non-hydrogen) atoms. The van der Waals surface area contributed by atoms with Crippen molar-refractivity contribution in [2.75, 3.05) is 5.32 Å². The second-order valence-corrected chi connectivity index (χ2v) is 5.70. The second-order valence-electron chi connectivity index (χ2n) is 5.26. The zero-order valence-corrected chi connectivity index (χ0v) is 13.0. The van der Waals surface area contributed by atoms with Crippen LogP contribution in [0.4, 0.5) is 11.5 Å². The quantitative estimate of drug-likeness (QED) is 0.520. The van der Waals surface area contributed by atoms with Gasteiger partial charge in [-0.05, 0) is 36.4 Å². The molecule has 118 valence electrons. The maximum atomic E-state index is 11.3. The summed E-state index contributed by atoms with van der Waals surface area (Å²) in [4.78, 5) is 22.9. The van der Waals surface area contributed by atoms with Gasteiger partial charge in [-0.2, -0.15) is 0 Å². The third kappa shape index (κ3) is 2.43. The van der Waals surface area contributed by atoms with E-state index in [1.807, 2.05) is 18.2 Å². The summed E-state index contributed by atoms with van der Waals surface area (Å²) >= 11 is 5.90. The molecule has 7 heteroatoms. The number of aromatic nitrogens is 3. The number of nitrogens with zero attached hydrogens (tertiary/aromatic N) is 2. The van der Waals surface area contributed by atoms with Crippen LogP contribution in [0.25, 0.3) is 21.8 Å². The maximum Gasteiger partial charge on any atom is 0.352 e. The van der Waals surface area contributed by atoms with Gasteiger partial charge in [0.05, 0.1) is 17.2 Å². The van der Waals surface area contributed by atoms with Crippen molar-refractivity contribution in [2.24, 2.45) is 0 Å². The molecule has 0 saturated carbocycles. The fourth-order valence-electron chi connectivity index (χ4n) is 2.61. The van der Waals surface area contributed by atoms with Crippen LogP contribution in [0.15, 0.2) is 48.8 Å². The first-order valence-electron chi connectivity index (χ1n) is 7.14. The van der Waals surface area contributed by atoms with E-state index in [-0.39, 0.29) is 5.69 Å². The Hall–Kier alpha value is -3.12. The molecule has 0 bridgehead atoms. The SMILES string of the molecule is O=C(O)c1cc2c([nH]1)c(Nc1ccc(Cl)cc1)nc1cnccc12. The van der Waals surface area contributed by atoms with Gasteiger partial charge in [-0.3, -0.25) is 4.98 Å². The molecule has 0 aliphatic rings. The van der Waals surface area contributed by atoms with Gasteiger partial charge in [-0.25, -0.2) is 9.78 Å². The minimum Gasteiger partial charge on any atom is -0.477 e. The largest absolute Gasteiger partial charge is 0.477 e. The molecule has 0 aliphatic carbocycles. The highest BCUT2D eigenvalue weighted by molar-refractivity contribution is 6.30. The number of hydrogen-bond acceptors (Lipinski definition) is 4. The Balaban J connectivity index is 1.94. The lowest BCUT2D eigenvalue weighted by molar-refractivity contribution is 0.0691. The van der Waals surface area contributed by atoms with Crippen LogP contribution in [0, 0.1) is 0 Å². The zero-order valence-electron chi connectivity index (χ0n) is 12.2. The van der Waals surface area contributed by atoms with Crippen molar-refractivity contribution in [3.63, 3.8) is 0 Å². The highest BCUT2D eigenvalue weighted by Gasteiger charge is 2.15. The van der Waals surface area contributed by atoms with Crippen molar-refractivity contribution in [3.8, 4) is 0 Å². The number of hydrogen-bond donors (Lipinski definition) is 3. The number of H-pyrrole nitrogens is 1. The smallest absolute Gasteiger partial charge is 0.352 e. The summed E-state index contributed by atoms with van der Waals surface area (Å²) in [6.07, 6.45) is 3.30. The summed E-state index contributed by atoms with van der Waals surface area (Å²) in [7, 11) is 0. The van der Waals surface area contributed by atoms with Gasteiger partial charge in [0.15, 0.2) is 5.82 Å². The highest BCUT2D eigenvalue weighted by Crippen LogP contribution is 2.31. The predicted octanol–water partition coefficient (Wildman–Crippen LogP) is 4.21. The van der Waals surface area contributed by atoms with E-state index in [9.17, 15) is 9.90 Å². The Kier molecular flexibility index (Phi) is 3.32. The number of aromatic carboxylic acids is 1. The number of carboxylic acids is 1. The molecule has 4 rings (SSSR count). The minimum atomic E-state index is -1.02. The lowest BCUT2D eigenvalue weighted by atomic mass is 10.1. The van der Waals surface area contributed by atoms with Crippen molar-refractivity contribution in [1.29, 1.82) is 0 Å². The van der Waals surface area contributed by atoms with E-state index in [0.29, 0.717) is 21.9 Å². The van der Waals surface area contributed by atoms with E-state index in [1.165, 1.54) is 0 Å². The van der Waals surface area contributed by atoms with Crippen LogP contribution in [0.2, 0.25) is 5.02 Å². The summed E-state index contributed by atoms with van der Waals surface area (Å²) in [6.45, 7) is 0. The topological polar surface area (TPSA) is 90.9 Å². The van der Waals surface area contributed by atoms with Gasteiger partial charge in [0, 0.05) is 27.7 Å². The molecule has 0 radical (unpaired) electrons. The third-order valence-electron chi connectivity index (χ3n) is 3.71. The van der Waals surface area contributed by atoms with Crippen molar-refractivity contribution < 1.29 is 9.90 Å². The molecule has 0 saturated heterocycles. The van der Waals surface area contributed by atoms with Gasteiger partial charge in [-0.15, -0.1) is 0 Å². The van der Waals surface area contributed by atoms with Crippen molar-refractivity contribution in [1.82, 2.24) is 15.0 Å². The molecule has 1 aromatic carbocycles. The predicted molar refractivity (Wildman–Crippen MR) is 93.1 cm³/mol. The van der Waals surface area contributed by atoms with Crippen LogP contribution < -0.4 is 5.32 Å². The number of rotatable bonds is 3. The van der Waals surface area contributed by atoms with E-state index in [2.05, 4.69) is 20.3 Å². The molecule has 0 amide bonds. The number of carboxylic acid groups (broad SMARTS) is 1. The number of anilines is 2. The van der Waals surface area contributed by atoms with Gasteiger partial charge in [-0.1, -0.05) is 11.6 Å². The third-order valence-corrected chi connectivity index (χ3v) is 3.97. The fraction of sp³-hybridized carbons (Fsp3) is 0. The molecular formula is C17H11ClN4O2. The summed E-state index contributed by atoms with van der Waals surface area (Å²) in [5, 5.41) is 14.7. The summed E-state index contributed by atoms with van der Waals surface area (Å²) in [5.41, 5.74) is 2.21. The van der Waals surface area contributed by atoms with Gasteiger partial charge in [0.1, 0.15) is 5.69 Å². The number of aromatic amines is 1. The first-order valence-corrected chi connectivity index (χ1v) is 7.52. The van der Waals surface area contributed by atoms with Crippen molar-refractivity contribution >= 4 is 50.9 Å². The van der Waals surface area contributed by atoms with E-state index in [1.54, 1.807) is 30.6 Å². The monoisotopic (exact) mass is 338 g/mol. The molecule has 3 N–H and O–H groups in total. The van der Waals surface area contributed by atoms with Gasteiger partial charge < -0.3 is 15.4 Å². The normalized spacial score (nSPS) is 11.0. The number of carbonyl (C=O) groups is 1. The first kappa shape index (κ1) is 14.5. The molecule has 0 fully saturated rings. The highest BCUT2D eigenvalue weighted by atomic mass is 35.5. The molecule has 0 spiro atoms. The molecular weight excluding hydrogens is 328 g/mol. The van der Waals surface area contributed by atoms with Crippen LogP contribution in [-0.2, 0) is 0 Å². The van der Waals surface area contributed by atoms with Gasteiger partial charge in [0.2, 0.25) is 0 Å². The van der Waals surface area contributed by atoms with Crippen LogP contribution in [0.1, 0.15) is 10.5 Å². The Morgan fingerprint density at radius 3 is 2.71 bits per heavy atom. The molecule has 0 atom stereocenters. The number of nitrogens with one attached hydrogen (secondary N) is 2. The number of halogens is 1. The Labute approximate surface area is 141 Å². The maximum absolute atomic E-state index is 11.3. The zero-order chi connectivity index (χ0) is 16.7. The standard InChI is InChI=1S/C17H11ClN4O2/c18-9-1-3-10(4-2-9)20-16-15-12(7-13(21-15)17(23)24)11-5-6-19-8-14(11)22-16/h1-8,21H,(H,20,22)(H,23,24). The molecule has 0 aliphatic heterocycles. The first-order chi connectivity index (χ1) is 11.6. The molecule has 3 aromatic heterocycles. The summed E-state index contributed by atoms with van der Waals surface area (Å²) in [6, 6.07) is 10.6. The van der Waals surface area contributed by atoms with E-state index in [0.717, 1.165) is 16.5 Å². The Morgan fingerprint density at radius 1 is 1.17 bits per heavy atom. The Bertz CT molecular complexity index is 1070. The van der Waals surface area contributed by atoms with Crippen molar-refractivity contribution in [2.45, 2.75) is 0 Å². The average molecular weight is 339 g/mol. The number of fused-ring (bicyclic) bond motifs is 3. The van der Waals surface area contributed by atoms with Crippen LogP contribution in [0.3, 0.4) is 0 Å². The van der Waals surface area contributed by atoms with E-state index in [4.69, 9.17) is 11.6 Å². The van der Waals surface area contributed by atoms with Crippen LogP contribution in [0.5, 0.6) is 0 Å². The number of benzene rings is 1. The fourth-order valence-corrected chi connectivity index (χ4v) is 2.73. The minimum absolute atomic E-state index is 0.107. The molecule has 3 heterocycles. The van der Waals surface area contributed by atoms with Gasteiger partial charge in [0.25, 0.3) is 0 Å². The lowest BCUT2D eigenvalue weighted by Gasteiger charge is -2.09. The number of pyridine rings is 2.